The monoisotopic (exact) mass is 1900 g/mol. The first-order valence-electron chi connectivity index (χ1n) is 53.2. The summed E-state index contributed by atoms with van der Waals surface area (Å²) in [4.78, 5) is 0. The number of rotatable bonds is 4. The Kier molecular flexibility index (Phi) is 36.3. The minimum absolute atomic E-state index is 1.44. The van der Waals surface area contributed by atoms with E-state index in [9.17, 15) is 0 Å². The first kappa shape index (κ1) is 117. The minimum atomic E-state index is 1.44. The Labute approximate surface area is 869 Å². The van der Waals surface area contributed by atoms with Gasteiger partial charge in [-0.3, -0.25) is 0 Å². The van der Waals surface area contributed by atoms with Crippen molar-refractivity contribution in [1.29, 1.82) is 0 Å². The molecule has 0 fully saturated rings. The molecule has 0 N–H and O–H groups in total. The van der Waals surface area contributed by atoms with Crippen LogP contribution in [0.25, 0.3) is 76.8 Å². The highest BCUT2D eigenvalue weighted by atomic mass is 14.3. The van der Waals surface area contributed by atoms with E-state index < -0.39 is 0 Å². The molecule has 0 amide bonds. The van der Waals surface area contributed by atoms with Gasteiger partial charge in [0.2, 0.25) is 0 Å². The SMILES string of the molecule is Cc1c(C)c(C)c(-c2c(C)c(C)c(C)c(C)c2C)c(C)c1C.Cc1c(C)c(C)c(-c2c(C)c(C)c(C)c(C)c2C)c(C)c1C.Cc1c(C)c(C)c(-c2c(C)c(C)c(C)c(C)c2C)c(C)c1C.Cc1c(C)c(C)c(-c2c(C)c(C)c(C)c(C)c2C)c(C)c1C.Cc1c(C)c(C)c2c(C)c(C)c(C)c(C)c2c1C.Cc1c(C)c(C)c2c(C)c(C)c(C)c(C)c2c1C.Cc1c(C)c(C)c2c(C)c(C)c(C)c(C)c2c1C. The van der Waals surface area contributed by atoms with E-state index in [0.717, 1.165) is 0 Å². The number of hydrogen-bond donors (Lipinski definition) is 0. The molecule has 0 aliphatic carbocycles. The van der Waals surface area contributed by atoms with E-state index in [0.29, 0.717) is 0 Å². The minimum Gasteiger partial charge on any atom is -0.0447 e. The second-order valence-electron chi connectivity index (χ2n) is 45.2. The molecular weight excluding hydrogens is 1710 g/mol. The predicted molar refractivity (Wildman–Crippen MR) is 643 cm³/mol. The Balaban J connectivity index is 0.000000203. The van der Waals surface area contributed by atoms with Crippen molar-refractivity contribution in [2.75, 3.05) is 0 Å². The molecule has 14 aromatic carbocycles. The third-order valence-electron chi connectivity index (χ3n) is 40.4. The number of hydrogen-bond acceptors (Lipinski definition) is 0. The summed E-state index contributed by atoms with van der Waals surface area (Å²) in [7, 11) is 0. The maximum Gasteiger partial charge on any atom is -0.0114 e. The molecule has 0 aliphatic heterocycles. The van der Waals surface area contributed by atoms with Gasteiger partial charge in [0, 0.05) is 0 Å². The molecule has 0 nitrogen and oxygen atoms in total. The fraction of sp³-hybridized carbons (Fsp3) is 0.451. The number of fused-ring (bicyclic) bond motifs is 3. The molecule has 142 heavy (non-hydrogen) atoms. The van der Waals surface area contributed by atoms with Gasteiger partial charge in [0.05, 0.1) is 0 Å². The van der Waals surface area contributed by atoms with Crippen molar-refractivity contribution in [2.24, 2.45) is 0 Å². The van der Waals surface area contributed by atoms with Crippen LogP contribution in [0, 0.1) is 443 Å². The number of aryl methyl sites for hydroxylation is 12. The van der Waals surface area contributed by atoms with Crippen LogP contribution < -0.4 is 0 Å². The molecule has 0 atom stereocenters. The summed E-state index contributed by atoms with van der Waals surface area (Å²) < 4.78 is 0. The molecule has 0 saturated heterocycles. The van der Waals surface area contributed by atoms with Crippen LogP contribution in [0.5, 0.6) is 0 Å². The van der Waals surface area contributed by atoms with Crippen molar-refractivity contribution in [3.8, 4) is 44.5 Å². The Hall–Kier alpha value is -10.1. The van der Waals surface area contributed by atoms with Crippen LogP contribution in [-0.2, 0) is 0 Å². The molecular formula is C142H192. The molecule has 0 unspecified atom stereocenters. The van der Waals surface area contributed by atoms with Gasteiger partial charge >= 0.3 is 0 Å². The van der Waals surface area contributed by atoms with E-state index in [-0.39, 0.29) is 0 Å². The Morgan fingerprint density at radius 1 is 0.0423 bits per heavy atom. The van der Waals surface area contributed by atoms with Crippen LogP contribution in [0.1, 0.15) is 356 Å². The largest absolute Gasteiger partial charge is 0.0447 e. The van der Waals surface area contributed by atoms with Crippen LogP contribution in [0.15, 0.2) is 0 Å². The average molecular weight is 1900 g/mol. The van der Waals surface area contributed by atoms with Gasteiger partial charge in [-0.25, -0.2) is 0 Å². The second kappa shape index (κ2) is 44.0. The van der Waals surface area contributed by atoms with Gasteiger partial charge in [-0.2, -0.15) is 0 Å². The van der Waals surface area contributed by atoms with Crippen LogP contribution in [0.4, 0.5) is 0 Å². The first-order chi connectivity index (χ1) is 65.3. The lowest BCUT2D eigenvalue weighted by Gasteiger charge is -2.25. The van der Waals surface area contributed by atoms with E-state index in [1.807, 2.05) is 0 Å². The molecule has 0 heteroatoms. The van der Waals surface area contributed by atoms with Crippen LogP contribution in [0.2, 0.25) is 0 Å². The zero-order valence-electron chi connectivity index (χ0n) is 103. The molecule has 0 spiro atoms. The zero-order chi connectivity index (χ0) is 109. The average Bonchev–Trinajstić information content (AvgIpc) is 0.754. The third kappa shape index (κ3) is 19.8. The molecule has 0 heterocycles. The van der Waals surface area contributed by atoms with Crippen molar-refractivity contribution in [1.82, 2.24) is 0 Å². The molecule has 0 aliphatic rings. The van der Waals surface area contributed by atoms with Crippen LogP contribution >= 0.6 is 0 Å². The Morgan fingerprint density at radius 2 is 0.0775 bits per heavy atom. The van der Waals surface area contributed by atoms with Gasteiger partial charge < -0.3 is 0 Å². The molecule has 0 saturated carbocycles. The normalized spacial score (nSPS) is 11.2. The highest BCUT2D eigenvalue weighted by Crippen LogP contribution is 2.49. The summed E-state index contributed by atoms with van der Waals surface area (Å²) in [5.74, 6) is 0. The number of benzene rings is 14. The smallest absolute Gasteiger partial charge is 0.0114 e. The van der Waals surface area contributed by atoms with E-state index in [4.69, 9.17) is 0 Å². The van der Waals surface area contributed by atoms with Gasteiger partial charge in [-0.05, 0) is 876 Å². The lowest BCUT2D eigenvalue weighted by atomic mass is 9.80. The van der Waals surface area contributed by atoms with E-state index in [2.05, 4.69) is 443 Å². The second-order valence-corrected chi connectivity index (χ2v) is 45.2. The third-order valence-corrected chi connectivity index (χ3v) is 40.4. The maximum absolute atomic E-state index is 2.29. The fourth-order valence-corrected chi connectivity index (χ4v) is 24.6. The van der Waals surface area contributed by atoms with Crippen LogP contribution in [-0.4, -0.2) is 0 Å². The molecule has 14 aromatic rings. The van der Waals surface area contributed by atoms with Gasteiger partial charge in [0.1, 0.15) is 0 Å². The van der Waals surface area contributed by atoms with Gasteiger partial charge in [-0.15, -0.1) is 0 Å². The summed E-state index contributed by atoms with van der Waals surface area (Å²) >= 11 is 0. The summed E-state index contributed by atoms with van der Waals surface area (Å²) in [6.07, 6.45) is 0. The van der Waals surface area contributed by atoms with Crippen molar-refractivity contribution >= 4 is 32.3 Å². The van der Waals surface area contributed by atoms with Crippen molar-refractivity contribution in [3.63, 3.8) is 0 Å². The lowest BCUT2D eigenvalue weighted by Crippen LogP contribution is -2.05. The predicted octanol–water partition coefficient (Wildman–Crippen LogP) is 41.7. The highest BCUT2D eigenvalue weighted by molar-refractivity contribution is 6.00. The van der Waals surface area contributed by atoms with E-state index in [1.54, 1.807) is 0 Å². The van der Waals surface area contributed by atoms with E-state index >= 15 is 0 Å². The van der Waals surface area contributed by atoms with Gasteiger partial charge in [0.15, 0.2) is 0 Å². The molecule has 14 rings (SSSR count). The zero-order valence-corrected chi connectivity index (χ0v) is 103. The first-order valence-corrected chi connectivity index (χ1v) is 53.2. The summed E-state index contributed by atoms with van der Waals surface area (Å²) in [5.41, 5.74) is 104. The molecule has 0 bridgehead atoms. The lowest BCUT2D eigenvalue weighted by molar-refractivity contribution is 1.14. The summed E-state index contributed by atoms with van der Waals surface area (Å²) in [6.45, 7) is 145. The van der Waals surface area contributed by atoms with Crippen LogP contribution in [0.3, 0.4) is 0 Å². The Bertz CT molecular complexity index is 5920. The standard InChI is InChI=1S/4C22H30.3C18H24/c4*1-11-13(3)17(7)21(18(8)14(11)4)22-19(9)15(5)12(2)16(6)20(22)10;3*1-9-10(2)14(6)18-16(8)12(4)11(3)15(7)17(18)13(9)5/h4*1-10H3;3*1-8H3. The molecule has 0 radical (unpaired) electrons. The van der Waals surface area contributed by atoms with Gasteiger partial charge in [-0.1, -0.05) is 0 Å². The molecule has 0 aromatic heterocycles. The van der Waals surface area contributed by atoms with Gasteiger partial charge in [0.25, 0.3) is 0 Å². The molecule has 760 valence electrons. The summed E-state index contributed by atoms with van der Waals surface area (Å²) in [6, 6.07) is 0. The summed E-state index contributed by atoms with van der Waals surface area (Å²) in [5, 5.41) is 8.90. The maximum atomic E-state index is 2.29. The van der Waals surface area contributed by atoms with E-state index in [1.165, 1.54) is 433 Å². The fourth-order valence-electron chi connectivity index (χ4n) is 24.6. The van der Waals surface area contributed by atoms with Crippen molar-refractivity contribution in [3.05, 3.63) is 356 Å². The quantitative estimate of drug-likeness (QED) is 0.165. The highest BCUT2D eigenvalue weighted by Gasteiger charge is 2.29. The van der Waals surface area contributed by atoms with Crippen molar-refractivity contribution in [2.45, 2.75) is 443 Å². The van der Waals surface area contributed by atoms with Crippen molar-refractivity contribution < 1.29 is 0 Å². The topological polar surface area (TPSA) is 0 Å². The Morgan fingerprint density at radius 3 is 0.127 bits per heavy atom.